The zero-order valence-electron chi connectivity index (χ0n) is 16.7. The van der Waals surface area contributed by atoms with Gasteiger partial charge in [0.05, 0.1) is 12.0 Å². The fraction of sp³-hybridized carbons (Fsp3) is 0.682. The lowest BCUT2D eigenvalue weighted by Gasteiger charge is -2.59. The van der Waals surface area contributed by atoms with Crippen molar-refractivity contribution in [2.45, 2.75) is 51.2 Å². The molecule has 0 aromatic carbocycles. The molecule has 0 spiro atoms. The molecule has 7 heteroatoms. The number of ketones is 2. The number of carboxylic acids is 1. The number of aliphatic hydroxyl groups excluding tert-OH is 2. The number of rotatable bonds is 3. The molecule has 0 saturated heterocycles. The van der Waals surface area contributed by atoms with Crippen LogP contribution in [0.5, 0.6) is 0 Å². The first-order valence-corrected chi connectivity index (χ1v) is 10.2. The minimum absolute atomic E-state index is 0.0650. The molecule has 3 saturated carbocycles. The van der Waals surface area contributed by atoms with E-state index in [-0.39, 0.29) is 36.4 Å². The van der Waals surface area contributed by atoms with Gasteiger partial charge in [-0.15, -0.1) is 0 Å². The van der Waals surface area contributed by atoms with Crippen molar-refractivity contribution in [1.29, 1.82) is 0 Å². The molecule has 0 aromatic heterocycles. The molecule has 0 aromatic rings. The Kier molecular flexibility index (Phi) is 4.46. The maximum Gasteiger partial charge on any atom is 0.309 e. The van der Waals surface area contributed by atoms with Gasteiger partial charge in [0.1, 0.15) is 12.2 Å². The second kappa shape index (κ2) is 6.33. The fourth-order valence-electron chi connectivity index (χ4n) is 7.28. The summed E-state index contributed by atoms with van der Waals surface area (Å²) in [6.07, 6.45) is 5.62. The van der Waals surface area contributed by atoms with Crippen molar-refractivity contribution in [2.24, 2.45) is 34.5 Å². The molecule has 158 valence electrons. The van der Waals surface area contributed by atoms with Crippen molar-refractivity contribution in [3.8, 4) is 0 Å². The third-order valence-corrected chi connectivity index (χ3v) is 8.62. The van der Waals surface area contributed by atoms with E-state index in [1.54, 1.807) is 13.0 Å². The van der Waals surface area contributed by atoms with Crippen LogP contribution in [0.3, 0.4) is 0 Å². The number of hydrogen-bond acceptors (Lipinski definition) is 6. The van der Waals surface area contributed by atoms with E-state index < -0.39 is 46.8 Å². The number of carboxylic acid groups (broad SMARTS) is 1. The van der Waals surface area contributed by atoms with Crippen molar-refractivity contribution < 1.29 is 34.8 Å². The van der Waals surface area contributed by atoms with Crippen LogP contribution in [0, 0.1) is 34.5 Å². The Morgan fingerprint density at radius 2 is 1.97 bits per heavy atom. The molecule has 3 fully saturated rings. The summed E-state index contributed by atoms with van der Waals surface area (Å²) in [4.78, 5) is 36.4. The van der Waals surface area contributed by atoms with Gasteiger partial charge in [0.15, 0.2) is 11.6 Å². The summed E-state index contributed by atoms with van der Waals surface area (Å²) in [5, 5.41) is 41.9. The van der Waals surface area contributed by atoms with E-state index >= 15 is 0 Å². The maximum atomic E-state index is 12.6. The predicted octanol–water partition coefficient (Wildman–Crippen LogP) is 0.868. The molecule has 0 radical (unpaired) electrons. The third-order valence-electron chi connectivity index (χ3n) is 8.62. The molecule has 29 heavy (non-hydrogen) atoms. The Balaban J connectivity index is 1.81. The Bertz CT molecular complexity index is 844. The number of carbonyl (C=O) groups excluding carboxylic acids is 2. The van der Waals surface area contributed by atoms with Gasteiger partial charge < -0.3 is 20.4 Å². The topological polar surface area (TPSA) is 132 Å². The van der Waals surface area contributed by atoms with Crippen LogP contribution in [-0.4, -0.2) is 56.3 Å². The van der Waals surface area contributed by atoms with Crippen molar-refractivity contribution in [3.63, 3.8) is 0 Å². The van der Waals surface area contributed by atoms with Crippen LogP contribution >= 0.6 is 0 Å². The first-order valence-electron chi connectivity index (χ1n) is 10.2. The van der Waals surface area contributed by atoms with E-state index in [1.165, 1.54) is 6.08 Å². The third kappa shape index (κ3) is 2.44. The minimum Gasteiger partial charge on any atom is -0.481 e. The average Bonchev–Trinajstić information content (AvgIpc) is 2.90. The summed E-state index contributed by atoms with van der Waals surface area (Å²) in [6.45, 7) is 2.74. The summed E-state index contributed by atoms with van der Waals surface area (Å²) >= 11 is 0. The molecule has 0 heterocycles. The maximum absolute atomic E-state index is 12.6. The smallest absolute Gasteiger partial charge is 0.309 e. The molecular formula is C22H28O7. The molecule has 0 bridgehead atoms. The number of allylic oxidation sites excluding steroid dienone is 4. The van der Waals surface area contributed by atoms with Gasteiger partial charge in [-0.25, -0.2) is 0 Å². The fourth-order valence-corrected chi connectivity index (χ4v) is 7.28. The molecule has 4 rings (SSSR count). The van der Waals surface area contributed by atoms with E-state index in [0.29, 0.717) is 12.8 Å². The molecule has 1 unspecified atom stereocenters. The van der Waals surface area contributed by atoms with Gasteiger partial charge in [0.2, 0.25) is 0 Å². The number of hydrogen-bond donors (Lipinski definition) is 4. The monoisotopic (exact) mass is 404 g/mol. The number of aliphatic hydroxyl groups is 3. The Hall–Kier alpha value is -1.83. The Labute approximate surface area is 169 Å². The van der Waals surface area contributed by atoms with Crippen molar-refractivity contribution in [3.05, 3.63) is 23.8 Å². The molecule has 7 nitrogen and oxygen atoms in total. The van der Waals surface area contributed by atoms with Crippen LogP contribution in [-0.2, 0) is 14.4 Å². The highest BCUT2D eigenvalue weighted by Crippen LogP contribution is 2.68. The number of fused-ring (bicyclic) bond motifs is 5. The Morgan fingerprint density at radius 3 is 2.59 bits per heavy atom. The summed E-state index contributed by atoms with van der Waals surface area (Å²) in [7, 11) is 0. The highest BCUT2D eigenvalue weighted by atomic mass is 16.4. The van der Waals surface area contributed by atoms with E-state index in [0.717, 1.165) is 5.57 Å². The van der Waals surface area contributed by atoms with Crippen LogP contribution in [0.2, 0.25) is 0 Å². The van der Waals surface area contributed by atoms with Gasteiger partial charge in [-0.2, -0.15) is 0 Å². The van der Waals surface area contributed by atoms with E-state index in [2.05, 4.69) is 0 Å². The largest absolute Gasteiger partial charge is 0.481 e. The van der Waals surface area contributed by atoms with E-state index in [4.69, 9.17) is 0 Å². The highest BCUT2D eigenvalue weighted by Gasteiger charge is 2.72. The van der Waals surface area contributed by atoms with Gasteiger partial charge in [-0.1, -0.05) is 25.5 Å². The van der Waals surface area contributed by atoms with Gasteiger partial charge in [-0.3, -0.25) is 14.4 Å². The molecule has 4 aliphatic rings. The van der Waals surface area contributed by atoms with Crippen LogP contribution in [0.1, 0.15) is 39.5 Å². The quantitative estimate of drug-likeness (QED) is 0.549. The first-order chi connectivity index (χ1) is 13.5. The lowest BCUT2D eigenvalue weighted by molar-refractivity contribution is -0.189. The van der Waals surface area contributed by atoms with E-state index in [1.807, 2.05) is 13.0 Å². The number of aliphatic carboxylic acids is 1. The van der Waals surface area contributed by atoms with Crippen molar-refractivity contribution in [2.75, 3.05) is 6.61 Å². The number of carbonyl (C=O) groups is 3. The van der Waals surface area contributed by atoms with Crippen LogP contribution in [0.15, 0.2) is 23.8 Å². The van der Waals surface area contributed by atoms with Gasteiger partial charge >= 0.3 is 5.97 Å². The first kappa shape index (κ1) is 20.4. The van der Waals surface area contributed by atoms with Crippen molar-refractivity contribution >= 4 is 17.5 Å². The number of Topliss-reactive ketones (excluding diaryl/α,β-unsaturated/α-hetero) is 1. The molecule has 4 aliphatic carbocycles. The summed E-state index contributed by atoms with van der Waals surface area (Å²) in [6, 6.07) is 0. The lowest BCUT2D eigenvalue weighted by atomic mass is 9.46. The second-order valence-corrected chi connectivity index (χ2v) is 9.69. The van der Waals surface area contributed by atoms with Crippen molar-refractivity contribution in [1.82, 2.24) is 0 Å². The molecule has 4 N–H and O–H groups in total. The molecular weight excluding hydrogens is 376 g/mol. The van der Waals surface area contributed by atoms with E-state index in [9.17, 15) is 34.8 Å². The SMILES string of the molecule is C[C@]12C=CC(=O)C=C1CC[C@@H]1[C@@H]2[C@@H](O)C[C@@]2(C)[C@H]1CC(C(=O)O)[C@]2(O)C(=O)CO. The van der Waals surface area contributed by atoms with Gasteiger partial charge in [0.25, 0.3) is 0 Å². The van der Waals surface area contributed by atoms with Crippen LogP contribution in [0.4, 0.5) is 0 Å². The average molecular weight is 404 g/mol. The second-order valence-electron chi connectivity index (χ2n) is 9.69. The predicted molar refractivity (Wildman–Crippen MR) is 102 cm³/mol. The molecule has 0 amide bonds. The zero-order valence-corrected chi connectivity index (χ0v) is 16.7. The summed E-state index contributed by atoms with van der Waals surface area (Å²) in [5.74, 6) is -4.18. The molecule has 0 aliphatic heterocycles. The normalized spacial score (nSPS) is 48.4. The standard InChI is InChI=1S/C22H28O7/c1-20-6-5-12(24)7-11(20)3-4-13-14-8-15(19(27)28)22(29,17(26)10-23)21(14,2)9-16(25)18(13)20/h5-7,13-16,18,23,25,29H,3-4,8-10H2,1-2H3,(H,27,28)/t13-,14-,15?,16-,18+,20-,21-,22-/m0/s1. The van der Waals surface area contributed by atoms with Gasteiger partial charge in [0, 0.05) is 16.7 Å². The summed E-state index contributed by atoms with van der Waals surface area (Å²) < 4.78 is 0. The van der Waals surface area contributed by atoms with Crippen LogP contribution < -0.4 is 0 Å². The Morgan fingerprint density at radius 1 is 1.28 bits per heavy atom. The minimum atomic E-state index is -2.22. The molecule has 8 atom stereocenters. The highest BCUT2D eigenvalue weighted by molar-refractivity contribution is 6.01. The summed E-state index contributed by atoms with van der Waals surface area (Å²) in [5.41, 5.74) is -2.91. The zero-order chi connectivity index (χ0) is 21.4. The van der Waals surface area contributed by atoms with Crippen LogP contribution in [0.25, 0.3) is 0 Å². The lowest BCUT2D eigenvalue weighted by Crippen LogP contribution is -2.63. The van der Waals surface area contributed by atoms with Gasteiger partial charge in [-0.05, 0) is 49.7 Å².